The van der Waals surface area contributed by atoms with Crippen molar-refractivity contribution < 1.29 is 4.39 Å². The smallest absolute Gasteiger partial charge is 0.137 e. The van der Waals surface area contributed by atoms with Gasteiger partial charge in [0.25, 0.3) is 0 Å². The molecule has 0 fully saturated rings. The van der Waals surface area contributed by atoms with Gasteiger partial charge in [0.1, 0.15) is 5.83 Å². The van der Waals surface area contributed by atoms with Crippen molar-refractivity contribution in [1.29, 1.82) is 0 Å². The van der Waals surface area contributed by atoms with Crippen molar-refractivity contribution in [3.63, 3.8) is 0 Å². The minimum absolute atomic E-state index is 0.264. The Morgan fingerprint density at radius 3 is 2.79 bits per heavy atom. The second-order valence-electron chi connectivity index (χ2n) is 3.86. The van der Waals surface area contributed by atoms with E-state index in [1.54, 1.807) is 0 Å². The van der Waals surface area contributed by atoms with E-state index in [0.717, 1.165) is 6.42 Å². The van der Waals surface area contributed by atoms with Crippen molar-refractivity contribution in [3.05, 3.63) is 28.7 Å². The summed E-state index contributed by atoms with van der Waals surface area (Å²) in [6.07, 6.45) is 3.49. The van der Waals surface area contributed by atoms with Gasteiger partial charge < -0.3 is 0 Å². The number of halogens is 2. The third kappa shape index (κ3) is 2.34. The standard InChI is InChI=1S/C11H13ClFN/c1-4-11(2,3)9-7-14-6-8(12)5-10(9)13/h5-6H,4H2,1-3H3. The van der Waals surface area contributed by atoms with Crippen LogP contribution in [0.5, 0.6) is 0 Å². The Labute approximate surface area is 88.7 Å². The molecule has 0 atom stereocenters. The molecule has 14 heavy (non-hydrogen) atoms. The van der Waals surface area contributed by atoms with E-state index < -0.39 is 0 Å². The van der Waals surface area contributed by atoms with Crippen LogP contribution in [0.4, 0.5) is 4.39 Å². The Hall–Kier alpha value is -0.850. The molecular weight excluding hydrogens is 201 g/mol. The zero-order valence-corrected chi connectivity index (χ0v) is 9.32. The van der Waals surface area contributed by atoms with Gasteiger partial charge >= 0.3 is 0 Å². The molecule has 1 heterocycles. The maximum absolute atomic E-state index is 13.6. The number of allylic oxidation sites excluding steroid dienone is 4. The van der Waals surface area contributed by atoms with Gasteiger partial charge in [-0.2, -0.15) is 0 Å². The molecular formula is C11H13ClFN. The molecule has 0 spiro atoms. The average molecular weight is 214 g/mol. The maximum Gasteiger partial charge on any atom is 0.137 e. The molecule has 0 radical (unpaired) electrons. The van der Waals surface area contributed by atoms with Gasteiger partial charge in [0.2, 0.25) is 0 Å². The predicted octanol–water partition coefficient (Wildman–Crippen LogP) is 3.97. The van der Waals surface area contributed by atoms with Gasteiger partial charge in [0, 0.05) is 5.41 Å². The van der Waals surface area contributed by atoms with Gasteiger partial charge in [-0.3, -0.25) is 0 Å². The first-order valence-corrected chi connectivity index (χ1v) is 4.91. The molecule has 3 heteroatoms. The van der Waals surface area contributed by atoms with Crippen LogP contribution in [0.1, 0.15) is 27.2 Å². The van der Waals surface area contributed by atoms with E-state index in [2.05, 4.69) is 10.9 Å². The van der Waals surface area contributed by atoms with Crippen LogP contribution in [-0.2, 0) is 0 Å². The largest absolute Gasteiger partial charge is 0.212 e. The summed E-state index contributed by atoms with van der Waals surface area (Å²) in [7, 11) is 0. The van der Waals surface area contributed by atoms with Crippen LogP contribution in [-0.4, -0.2) is 5.87 Å². The van der Waals surface area contributed by atoms with E-state index in [-0.39, 0.29) is 16.3 Å². The molecule has 0 aromatic heterocycles. The lowest BCUT2D eigenvalue weighted by molar-refractivity contribution is 0.418. The summed E-state index contributed by atoms with van der Waals surface area (Å²) in [6.45, 7) is 5.91. The van der Waals surface area contributed by atoms with Crippen LogP contribution in [0.2, 0.25) is 0 Å². The molecule has 0 aliphatic carbocycles. The van der Waals surface area contributed by atoms with Crippen LogP contribution >= 0.6 is 11.6 Å². The highest BCUT2D eigenvalue weighted by Gasteiger charge is 2.25. The molecule has 1 nitrogen and oxygen atoms in total. The van der Waals surface area contributed by atoms with Crippen LogP contribution in [0.25, 0.3) is 0 Å². The second-order valence-corrected chi connectivity index (χ2v) is 4.30. The van der Waals surface area contributed by atoms with Gasteiger partial charge in [-0.1, -0.05) is 32.4 Å². The zero-order valence-electron chi connectivity index (χ0n) is 8.56. The number of nitrogens with zero attached hydrogens (tertiary/aromatic N) is 1. The molecule has 1 aliphatic heterocycles. The van der Waals surface area contributed by atoms with E-state index >= 15 is 0 Å². The van der Waals surface area contributed by atoms with Crippen LogP contribution in [0.3, 0.4) is 0 Å². The van der Waals surface area contributed by atoms with Crippen molar-refractivity contribution in [1.82, 2.24) is 0 Å². The van der Waals surface area contributed by atoms with Gasteiger partial charge in [-0.05, 0) is 18.4 Å². The van der Waals surface area contributed by atoms with E-state index in [1.165, 1.54) is 12.3 Å². The summed E-state index contributed by atoms with van der Waals surface area (Å²) in [5.74, 6) is 2.34. The number of hydrogen-bond acceptors (Lipinski definition) is 1. The summed E-state index contributed by atoms with van der Waals surface area (Å²) in [5.41, 5.74) is 0.214. The molecule has 0 aromatic rings. The first kappa shape index (κ1) is 11.2. The minimum Gasteiger partial charge on any atom is -0.212 e. The first-order valence-electron chi connectivity index (χ1n) is 4.54. The lowest BCUT2D eigenvalue weighted by Gasteiger charge is -2.22. The highest BCUT2D eigenvalue weighted by Crippen LogP contribution is 2.35. The van der Waals surface area contributed by atoms with E-state index in [0.29, 0.717) is 5.57 Å². The van der Waals surface area contributed by atoms with Gasteiger partial charge in [-0.25, -0.2) is 9.38 Å². The zero-order chi connectivity index (χ0) is 10.8. The monoisotopic (exact) mass is 213 g/mol. The van der Waals surface area contributed by atoms with Crippen molar-refractivity contribution in [2.75, 3.05) is 0 Å². The lowest BCUT2D eigenvalue weighted by Crippen LogP contribution is -2.14. The lowest BCUT2D eigenvalue weighted by atomic mass is 9.81. The summed E-state index contributed by atoms with van der Waals surface area (Å²) >= 11 is 5.67. The van der Waals surface area contributed by atoms with Crippen LogP contribution in [0.15, 0.2) is 33.7 Å². The molecule has 1 rings (SSSR count). The third-order valence-corrected chi connectivity index (χ3v) is 2.64. The Balaban J connectivity index is 3.16. The molecule has 0 aromatic carbocycles. The number of aliphatic imine (C=N–C) groups is 1. The average Bonchev–Trinajstić information content (AvgIpc) is 2.27. The Bertz CT molecular complexity index is 357. The maximum atomic E-state index is 13.6. The van der Waals surface area contributed by atoms with Gasteiger partial charge in [-0.15, -0.1) is 0 Å². The molecule has 0 unspecified atom stereocenters. The molecule has 76 valence electrons. The fourth-order valence-electron chi connectivity index (χ4n) is 1.09. The van der Waals surface area contributed by atoms with Crippen molar-refractivity contribution in [2.24, 2.45) is 10.4 Å². The first-order chi connectivity index (χ1) is 6.47. The summed E-state index contributed by atoms with van der Waals surface area (Å²) in [5, 5.41) is 0.289. The Morgan fingerprint density at radius 2 is 2.21 bits per heavy atom. The summed E-state index contributed by atoms with van der Waals surface area (Å²) in [6, 6.07) is 0. The van der Waals surface area contributed by atoms with Crippen LogP contribution < -0.4 is 0 Å². The number of rotatable bonds is 2. The molecule has 0 amide bonds. The minimum atomic E-state index is -0.348. The van der Waals surface area contributed by atoms with Crippen molar-refractivity contribution in [2.45, 2.75) is 27.2 Å². The molecule has 0 bridgehead atoms. The van der Waals surface area contributed by atoms with Gasteiger partial charge in [0.15, 0.2) is 0 Å². The third-order valence-electron chi connectivity index (χ3n) is 2.43. The van der Waals surface area contributed by atoms with E-state index in [1.807, 2.05) is 20.8 Å². The fourth-order valence-corrected chi connectivity index (χ4v) is 1.24. The second kappa shape index (κ2) is 4.12. The Morgan fingerprint density at radius 1 is 1.57 bits per heavy atom. The quantitative estimate of drug-likeness (QED) is 0.658. The van der Waals surface area contributed by atoms with Crippen molar-refractivity contribution in [3.8, 4) is 0 Å². The Kier molecular flexibility index (Phi) is 3.30. The summed E-state index contributed by atoms with van der Waals surface area (Å²) < 4.78 is 13.6. The number of hydrogen-bond donors (Lipinski definition) is 0. The molecule has 0 saturated carbocycles. The normalized spacial score (nSPS) is 17.1. The fraction of sp³-hybridized carbons (Fsp3) is 0.455. The highest BCUT2D eigenvalue weighted by molar-refractivity contribution is 6.31. The van der Waals surface area contributed by atoms with E-state index in [9.17, 15) is 4.39 Å². The highest BCUT2D eigenvalue weighted by atomic mass is 35.5. The van der Waals surface area contributed by atoms with Crippen molar-refractivity contribution >= 4 is 17.5 Å². The summed E-state index contributed by atoms with van der Waals surface area (Å²) in [4.78, 5) is 3.82. The SMILES string of the molecule is CCC(C)(C)C1=C=NC=C(Cl)C=C1F. The van der Waals surface area contributed by atoms with Gasteiger partial charge in [0.05, 0.1) is 16.8 Å². The topological polar surface area (TPSA) is 12.4 Å². The molecule has 1 aliphatic rings. The molecule has 0 N–H and O–H groups in total. The van der Waals surface area contributed by atoms with Crippen LogP contribution in [0, 0.1) is 5.41 Å². The molecule has 0 saturated heterocycles. The predicted molar refractivity (Wildman–Crippen MR) is 58.1 cm³/mol. The van der Waals surface area contributed by atoms with E-state index in [4.69, 9.17) is 11.6 Å².